The van der Waals surface area contributed by atoms with E-state index >= 15 is 0 Å². The Labute approximate surface area is 112 Å². The highest BCUT2D eigenvalue weighted by molar-refractivity contribution is 5.83. The van der Waals surface area contributed by atoms with E-state index in [0.717, 1.165) is 19.4 Å². The minimum atomic E-state index is -0.925. The zero-order valence-corrected chi connectivity index (χ0v) is 10.6. The van der Waals surface area contributed by atoms with Gasteiger partial charge in [-0.3, -0.25) is 9.59 Å². The Morgan fingerprint density at radius 3 is 2.68 bits per heavy atom. The van der Waals surface area contributed by atoms with Gasteiger partial charge < -0.3 is 15.7 Å². The molecule has 0 spiro atoms. The van der Waals surface area contributed by atoms with E-state index in [4.69, 9.17) is 0 Å². The molecular weight excluding hydrogens is 244 g/mol. The van der Waals surface area contributed by atoms with Crippen LogP contribution in [0.1, 0.15) is 24.3 Å². The molecule has 2 rings (SSSR count). The van der Waals surface area contributed by atoms with Gasteiger partial charge in [0, 0.05) is 6.54 Å². The van der Waals surface area contributed by atoms with Crippen molar-refractivity contribution >= 4 is 11.9 Å². The number of hydrogen-bond acceptors (Lipinski definition) is 3. The third-order valence-corrected chi connectivity index (χ3v) is 3.36. The lowest BCUT2D eigenvalue weighted by atomic mass is 9.99. The first-order chi connectivity index (χ1) is 9.18. The molecule has 1 heterocycles. The molecule has 1 aliphatic heterocycles. The molecule has 0 bridgehead atoms. The number of amides is 1. The lowest BCUT2D eigenvalue weighted by molar-refractivity contribution is -0.138. The minimum absolute atomic E-state index is 0.111. The van der Waals surface area contributed by atoms with Crippen molar-refractivity contribution in [3.63, 3.8) is 0 Å². The molecule has 1 aliphatic rings. The fourth-order valence-electron chi connectivity index (χ4n) is 2.27. The van der Waals surface area contributed by atoms with Crippen molar-refractivity contribution in [2.24, 2.45) is 0 Å². The van der Waals surface area contributed by atoms with Crippen LogP contribution in [0, 0.1) is 0 Å². The van der Waals surface area contributed by atoms with Crippen molar-refractivity contribution in [3.8, 4) is 0 Å². The van der Waals surface area contributed by atoms with Crippen LogP contribution in [0.25, 0.3) is 0 Å². The zero-order valence-electron chi connectivity index (χ0n) is 10.6. The van der Waals surface area contributed by atoms with Gasteiger partial charge in [-0.05, 0) is 24.9 Å². The molecule has 3 N–H and O–H groups in total. The summed E-state index contributed by atoms with van der Waals surface area (Å²) in [7, 11) is 0. The van der Waals surface area contributed by atoms with Gasteiger partial charge >= 0.3 is 5.97 Å². The van der Waals surface area contributed by atoms with Gasteiger partial charge in [-0.2, -0.15) is 0 Å². The van der Waals surface area contributed by atoms with Crippen LogP contribution in [0.3, 0.4) is 0 Å². The second-order valence-corrected chi connectivity index (χ2v) is 4.70. The van der Waals surface area contributed by atoms with Crippen molar-refractivity contribution < 1.29 is 14.7 Å². The minimum Gasteiger partial charge on any atom is -0.481 e. The normalized spacial score (nSPS) is 19.9. The SMILES string of the molecule is O=C(O)C(CNC(=O)[C@@H]1CCCN1)c1ccccc1. The van der Waals surface area contributed by atoms with Crippen molar-refractivity contribution in [3.05, 3.63) is 35.9 Å². The van der Waals surface area contributed by atoms with Gasteiger partial charge in [-0.25, -0.2) is 0 Å². The van der Waals surface area contributed by atoms with E-state index in [2.05, 4.69) is 10.6 Å². The summed E-state index contributed by atoms with van der Waals surface area (Å²) in [6.45, 7) is 0.968. The summed E-state index contributed by atoms with van der Waals surface area (Å²) in [5.74, 6) is -1.74. The topological polar surface area (TPSA) is 78.4 Å². The molecule has 1 amide bonds. The number of carbonyl (C=O) groups excluding carboxylic acids is 1. The second-order valence-electron chi connectivity index (χ2n) is 4.70. The number of rotatable bonds is 5. The number of aliphatic carboxylic acids is 1. The smallest absolute Gasteiger partial charge is 0.312 e. The molecule has 0 radical (unpaired) electrons. The third-order valence-electron chi connectivity index (χ3n) is 3.36. The van der Waals surface area contributed by atoms with Crippen molar-refractivity contribution in [1.29, 1.82) is 0 Å². The van der Waals surface area contributed by atoms with Crippen molar-refractivity contribution in [1.82, 2.24) is 10.6 Å². The Morgan fingerprint density at radius 1 is 1.37 bits per heavy atom. The van der Waals surface area contributed by atoms with Gasteiger partial charge in [0.25, 0.3) is 0 Å². The molecule has 0 aliphatic carbocycles. The van der Waals surface area contributed by atoms with Crippen LogP contribution in [-0.4, -0.2) is 36.1 Å². The molecule has 1 saturated heterocycles. The van der Waals surface area contributed by atoms with Crippen molar-refractivity contribution in [2.75, 3.05) is 13.1 Å². The largest absolute Gasteiger partial charge is 0.481 e. The molecule has 1 unspecified atom stereocenters. The number of carboxylic acid groups (broad SMARTS) is 1. The lowest BCUT2D eigenvalue weighted by Gasteiger charge is -2.16. The zero-order chi connectivity index (χ0) is 13.7. The molecule has 1 aromatic rings. The van der Waals surface area contributed by atoms with Crippen LogP contribution in [-0.2, 0) is 9.59 Å². The maximum atomic E-state index is 11.8. The first-order valence-corrected chi connectivity index (χ1v) is 6.47. The maximum absolute atomic E-state index is 11.8. The van der Waals surface area contributed by atoms with Crippen molar-refractivity contribution in [2.45, 2.75) is 24.8 Å². The van der Waals surface area contributed by atoms with E-state index in [1.807, 2.05) is 6.07 Å². The second kappa shape index (κ2) is 6.33. The van der Waals surface area contributed by atoms with E-state index in [0.29, 0.717) is 5.56 Å². The fraction of sp³-hybridized carbons (Fsp3) is 0.429. The Bertz CT molecular complexity index is 441. The number of benzene rings is 1. The maximum Gasteiger partial charge on any atom is 0.312 e. The van der Waals surface area contributed by atoms with Gasteiger partial charge in [-0.15, -0.1) is 0 Å². The summed E-state index contributed by atoms with van der Waals surface area (Å²) in [5, 5.41) is 15.0. The number of hydrogen-bond donors (Lipinski definition) is 3. The Balaban J connectivity index is 1.94. The first-order valence-electron chi connectivity index (χ1n) is 6.47. The van der Waals surface area contributed by atoms with E-state index in [9.17, 15) is 14.7 Å². The predicted molar refractivity (Wildman–Crippen MR) is 70.9 cm³/mol. The van der Waals surface area contributed by atoms with E-state index < -0.39 is 11.9 Å². The van der Waals surface area contributed by atoms with E-state index in [-0.39, 0.29) is 18.5 Å². The molecule has 2 atom stereocenters. The summed E-state index contributed by atoms with van der Waals surface area (Å²) in [6.07, 6.45) is 1.80. The molecule has 1 aromatic carbocycles. The fourth-order valence-corrected chi connectivity index (χ4v) is 2.27. The number of carboxylic acids is 1. The Morgan fingerprint density at radius 2 is 2.11 bits per heavy atom. The van der Waals surface area contributed by atoms with Crippen LogP contribution in [0.5, 0.6) is 0 Å². The quantitative estimate of drug-likeness (QED) is 0.730. The monoisotopic (exact) mass is 262 g/mol. The molecule has 0 aromatic heterocycles. The predicted octanol–water partition coefficient (Wildman–Crippen LogP) is 0.723. The molecule has 5 nitrogen and oxygen atoms in total. The molecule has 19 heavy (non-hydrogen) atoms. The van der Waals surface area contributed by atoms with E-state index in [1.54, 1.807) is 24.3 Å². The van der Waals surface area contributed by atoms with Gasteiger partial charge in [0.1, 0.15) is 0 Å². The summed E-state index contributed by atoms with van der Waals surface area (Å²) < 4.78 is 0. The van der Waals surface area contributed by atoms with Crippen LogP contribution in [0.2, 0.25) is 0 Å². The molecule has 0 saturated carbocycles. The van der Waals surface area contributed by atoms with Crippen LogP contribution in [0.4, 0.5) is 0 Å². The van der Waals surface area contributed by atoms with Crippen LogP contribution < -0.4 is 10.6 Å². The standard InChI is InChI=1S/C14H18N2O3/c17-13(12-7-4-8-15-12)16-9-11(14(18)19)10-5-2-1-3-6-10/h1-3,5-6,11-12,15H,4,7-9H2,(H,16,17)(H,18,19)/t11?,12-/m0/s1. The Kier molecular flexibility index (Phi) is 4.52. The highest BCUT2D eigenvalue weighted by Gasteiger charge is 2.25. The summed E-state index contributed by atoms with van der Waals surface area (Å²) in [5.41, 5.74) is 0.703. The van der Waals surface area contributed by atoms with Crippen LogP contribution >= 0.6 is 0 Å². The summed E-state index contributed by atoms with van der Waals surface area (Å²) >= 11 is 0. The third kappa shape index (κ3) is 3.54. The summed E-state index contributed by atoms with van der Waals surface area (Å²) in [4.78, 5) is 23.1. The molecular formula is C14H18N2O3. The average Bonchev–Trinajstić information content (AvgIpc) is 2.93. The van der Waals surface area contributed by atoms with Gasteiger partial charge in [0.15, 0.2) is 0 Å². The first kappa shape index (κ1) is 13.5. The highest BCUT2D eigenvalue weighted by Crippen LogP contribution is 2.15. The molecule has 1 fully saturated rings. The van der Waals surface area contributed by atoms with Gasteiger partial charge in [0.2, 0.25) is 5.91 Å². The lowest BCUT2D eigenvalue weighted by Crippen LogP contribution is -2.42. The molecule has 102 valence electrons. The Hall–Kier alpha value is -1.88. The molecule has 5 heteroatoms. The van der Waals surface area contributed by atoms with Crippen LogP contribution in [0.15, 0.2) is 30.3 Å². The van der Waals surface area contributed by atoms with Gasteiger partial charge in [0.05, 0.1) is 12.0 Å². The number of carbonyl (C=O) groups is 2. The van der Waals surface area contributed by atoms with Gasteiger partial charge in [-0.1, -0.05) is 30.3 Å². The average molecular weight is 262 g/mol. The highest BCUT2D eigenvalue weighted by atomic mass is 16.4. The summed E-state index contributed by atoms with van der Waals surface area (Å²) in [6, 6.07) is 8.78. The van der Waals surface area contributed by atoms with E-state index in [1.165, 1.54) is 0 Å². The number of nitrogens with one attached hydrogen (secondary N) is 2.